The van der Waals surface area contributed by atoms with Gasteiger partial charge in [-0.05, 0) is 37.5 Å². The van der Waals surface area contributed by atoms with Crippen molar-refractivity contribution in [1.29, 1.82) is 0 Å². The highest BCUT2D eigenvalue weighted by Crippen LogP contribution is 2.36. The second kappa shape index (κ2) is 8.87. The van der Waals surface area contributed by atoms with Gasteiger partial charge in [0.15, 0.2) is 17.5 Å². The van der Waals surface area contributed by atoms with Gasteiger partial charge in [0, 0.05) is 13.1 Å². The maximum atomic E-state index is 6.28. The van der Waals surface area contributed by atoms with Crippen LogP contribution in [-0.2, 0) is 6.54 Å². The number of aliphatic imine (C=N–C) groups is 1. The molecule has 23 heavy (non-hydrogen) atoms. The molecule has 1 heterocycles. The van der Waals surface area contributed by atoms with Gasteiger partial charge in [0.25, 0.3) is 0 Å². The van der Waals surface area contributed by atoms with Crippen molar-refractivity contribution in [3.05, 3.63) is 22.7 Å². The van der Waals surface area contributed by atoms with Crippen LogP contribution < -0.4 is 15.2 Å². The van der Waals surface area contributed by atoms with Crippen LogP contribution >= 0.6 is 11.6 Å². The van der Waals surface area contributed by atoms with E-state index in [9.17, 15) is 0 Å². The Bertz CT molecular complexity index is 541. The van der Waals surface area contributed by atoms with Crippen LogP contribution in [0, 0.1) is 0 Å². The summed E-state index contributed by atoms with van der Waals surface area (Å²) in [6.45, 7) is 4.90. The van der Waals surface area contributed by atoms with Crippen LogP contribution in [0.1, 0.15) is 38.2 Å². The number of rotatable bonds is 5. The molecule has 1 aromatic rings. The quantitative estimate of drug-likeness (QED) is 0.659. The van der Waals surface area contributed by atoms with E-state index < -0.39 is 0 Å². The lowest BCUT2D eigenvalue weighted by atomic mass is 10.2. The predicted molar refractivity (Wildman–Crippen MR) is 94.5 cm³/mol. The van der Waals surface area contributed by atoms with Crippen molar-refractivity contribution in [1.82, 2.24) is 4.90 Å². The van der Waals surface area contributed by atoms with Crippen molar-refractivity contribution in [3.8, 4) is 11.5 Å². The molecule has 0 atom stereocenters. The van der Waals surface area contributed by atoms with Crippen molar-refractivity contribution < 1.29 is 9.47 Å². The Balaban J connectivity index is 2.09. The molecule has 1 aromatic carbocycles. The number of likely N-dealkylation sites (tertiary alicyclic amines) is 1. The van der Waals surface area contributed by atoms with Crippen molar-refractivity contribution >= 4 is 17.6 Å². The Hall–Kier alpha value is -1.62. The molecule has 0 radical (unpaired) electrons. The Morgan fingerprint density at radius 3 is 2.57 bits per heavy atom. The lowest BCUT2D eigenvalue weighted by Crippen LogP contribution is -2.38. The number of benzene rings is 1. The highest BCUT2D eigenvalue weighted by Gasteiger charge is 2.13. The molecule has 0 saturated carbocycles. The fraction of sp³-hybridized carbons (Fsp3) is 0.588. The molecule has 1 fully saturated rings. The normalized spacial score (nSPS) is 16.1. The van der Waals surface area contributed by atoms with E-state index in [4.69, 9.17) is 26.8 Å². The monoisotopic (exact) mass is 339 g/mol. The van der Waals surface area contributed by atoms with E-state index in [1.54, 1.807) is 7.11 Å². The van der Waals surface area contributed by atoms with Gasteiger partial charge in [-0.15, -0.1) is 0 Å². The highest BCUT2D eigenvalue weighted by molar-refractivity contribution is 6.32. The van der Waals surface area contributed by atoms with Crippen molar-refractivity contribution in [2.24, 2.45) is 10.7 Å². The summed E-state index contributed by atoms with van der Waals surface area (Å²) in [6, 6.07) is 3.75. The van der Waals surface area contributed by atoms with Gasteiger partial charge in [0.2, 0.25) is 0 Å². The summed E-state index contributed by atoms with van der Waals surface area (Å²) < 4.78 is 10.9. The number of methoxy groups -OCH3 is 1. The first kappa shape index (κ1) is 17.7. The number of halogens is 1. The SMILES string of the molecule is CCOc1c(Cl)cc(CN=C(N)N2CCCCCC2)cc1OC. The van der Waals surface area contributed by atoms with Gasteiger partial charge in [-0.2, -0.15) is 0 Å². The lowest BCUT2D eigenvalue weighted by molar-refractivity contribution is 0.311. The molecule has 0 bridgehead atoms. The van der Waals surface area contributed by atoms with Gasteiger partial charge in [0.1, 0.15) is 0 Å². The molecule has 6 heteroatoms. The van der Waals surface area contributed by atoms with E-state index in [0.717, 1.165) is 18.7 Å². The van der Waals surface area contributed by atoms with Crippen LogP contribution in [0.3, 0.4) is 0 Å². The van der Waals surface area contributed by atoms with E-state index in [0.29, 0.717) is 35.6 Å². The number of hydrogen-bond acceptors (Lipinski definition) is 3. The molecule has 2 N–H and O–H groups in total. The zero-order valence-corrected chi connectivity index (χ0v) is 14.7. The Morgan fingerprint density at radius 1 is 1.26 bits per heavy atom. The molecule has 2 rings (SSSR count). The molecular formula is C17H26ClN3O2. The van der Waals surface area contributed by atoms with Crippen molar-refractivity contribution in [2.45, 2.75) is 39.2 Å². The number of hydrogen-bond donors (Lipinski definition) is 1. The Labute approximate surface area is 143 Å². The fourth-order valence-corrected chi connectivity index (χ4v) is 3.01. The summed E-state index contributed by atoms with van der Waals surface area (Å²) in [7, 11) is 1.60. The minimum absolute atomic E-state index is 0.477. The average molecular weight is 340 g/mol. The number of nitrogens with two attached hydrogens (primary N) is 1. The van der Waals surface area contributed by atoms with Crippen LogP contribution in [0.4, 0.5) is 0 Å². The highest BCUT2D eigenvalue weighted by atomic mass is 35.5. The summed E-state index contributed by atoms with van der Waals surface area (Å²) in [5, 5.41) is 0.532. The standard InChI is InChI=1S/C17H26ClN3O2/c1-3-23-16-14(18)10-13(11-15(16)22-2)12-20-17(19)21-8-6-4-5-7-9-21/h10-11H,3-9,12H2,1-2H3,(H2,19,20). The third-order valence-corrected chi connectivity index (χ3v) is 4.21. The van der Waals surface area contributed by atoms with E-state index in [1.165, 1.54) is 25.7 Å². The average Bonchev–Trinajstić information content (AvgIpc) is 2.84. The first-order valence-corrected chi connectivity index (χ1v) is 8.57. The first-order valence-electron chi connectivity index (χ1n) is 8.19. The number of guanidine groups is 1. The van der Waals surface area contributed by atoms with Crippen LogP contribution in [0.5, 0.6) is 11.5 Å². The van der Waals surface area contributed by atoms with Crippen LogP contribution in [0.15, 0.2) is 17.1 Å². The maximum absolute atomic E-state index is 6.28. The third-order valence-electron chi connectivity index (χ3n) is 3.93. The topological polar surface area (TPSA) is 60.1 Å². The summed E-state index contributed by atoms with van der Waals surface area (Å²) in [4.78, 5) is 6.68. The van der Waals surface area contributed by atoms with Gasteiger partial charge < -0.3 is 20.1 Å². The first-order chi connectivity index (χ1) is 11.2. The van der Waals surface area contributed by atoms with Crippen molar-refractivity contribution in [2.75, 3.05) is 26.8 Å². The summed E-state index contributed by atoms with van der Waals surface area (Å²) in [5.41, 5.74) is 7.09. The van der Waals surface area contributed by atoms with Crippen LogP contribution in [0.2, 0.25) is 5.02 Å². The summed E-state index contributed by atoms with van der Waals surface area (Å²) >= 11 is 6.28. The number of ether oxygens (including phenoxy) is 2. The largest absolute Gasteiger partial charge is 0.493 e. The molecule has 1 saturated heterocycles. The van der Waals surface area contributed by atoms with Gasteiger partial charge >= 0.3 is 0 Å². The van der Waals surface area contributed by atoms with Gasteiger partial charge in [-0.3, -0.25) is 0 Å². The molecule has 0 spiro atoms. The lowest BCUT2D eigenvalue weighted by Gasteiger charge is -2.21. The smallest absolute Gasteiger partial charge is 0.191 e. The molecule has 0 amide bonds. The molecule has 5 nitrogen and oxygen atoms in total. The molecule has 1 aliphatic heterocycles. The maximum Gasteiger partial charge on any atom is 0.191 e. The minimum Gasteiger partial charge on any atom is -0.493 e. The molecule has 0 unspecified atom stereocenters. The minimum atomic E-state index is 0.477. The number of nitrogens with zero attached hydrogens (tertiary/aromatic N) is 2. The predicted octanol–water partition coefficient (Wildman–Crippen LogP) is 3.44. The van der Waals surface area contributed by atoms with Gasteiger partial charge in [-0.1, -0.05) is 24.4 Å². The second-order valence-corrected chi connectivity index (χ2v) is 6.02. The molecule has 0 aliphatic carbocycles. The zero-order valence-electron chi connectivity index (χ0n) is 14.0. The summed E-state index contributed by atoms with van der Waals surface area (Å²) in [5.74, 6) is 1.80. The van der Waals surface area contributed by atoms with Gasteiger partial charge in [-0.25, -0.2) is 4.99 Å². The van der Waals surface area contributed by atoms with Gasteiger partial charge in [0.05, 0.1) is 25.3 Å². The van der Waals surface area contributed by atoms with Crippen LogP contribution in [0.25, 0.3) is 0 Å². The fourth-order valence-electron chi connectivity index (χ4n) is 2.72. The van der Waals surface area contributed by atoms with Crippen molar-refractivity contribution in [3.63, 3.8) is 0 Å². The Morgan fingerprint density at radius 2 is 1.96 bits per heavy atom. The van der Waals surface area contributed by atoms with E-state index in [1.807, 2.05) is 19.1 Å². The van der Waals surface area contributed by atoms with E-state index >= 15 is 0 Å². The third kappa shape index (κ3) is 4.93. The molecule has 0 aromatic heterocycles. The van der Waals surface area contributed by atoms with Crippen LogP contribution in [-0.4, -0.2) is 37.7 Å². The van der Waals surface area contributed by atoms with E-state index in [2.05, 4.69) is 9.89 Å². The second-order valence-electron chi connectivity index (χ2n) is 5.62. The summed E-state index contributed by atoms with van der Waals surface area (Å²) in [6.07, 6.45) is 4.91. The molecule has 128 valence electrons. The molecule has 1 aliphatic rings. The molecular weight excluding hydrogens is 314 g/mol. The zero-order chi connectivity index (χ0) is 16.7. The van der Waals surface area contributed by atoms with E-state index in [-0.39, 0.29) is 0 Å². The Kier molecular flexibility index (Phi) is 6.84.